The van der Waals surface area contributed by atoms with Crippen molar-refractivity contribution in [3.63, 3.8) is 0 Å². The Labute approximate surface area is 109 Å². The molecule has 1 aromatic heterocycles. The summed E-state index contributed by atoms with van der Waals surface area (Å²) in [6.45, 7) is 7.77. The third-order valence-electron chi connectivity index (χ3n) is 3.21. The molecule has 1 N–H and O–H groups in total. The lowest BCUT2D eigenvalue weighted by atomic mass is 10.1. The van der Waals surface area contributed by atoms with E-state index in [9.17, 15) is 0 Å². The lowest BCUT2D eigenvalue weighted by Crippen LogP contribution is -2.13. The molecular formula is C15H21N3. The summed E-state index contributed by atoms with van der Waals surface area (Å²) in [5.41, 5.74) is 3.64. The molecule has 0 aliphatic rings. The molecule has 3 heteroatoms. The van der Waals surface area contributed by atoms with Crippen LogP contribution < -0.4 is 5.32 Å². The number of nitrogens with one attached hydrogen (secondary N) is 1. The average molecular weight is 243 g/mol. The number of fused-ring (bicyclic) bond motifs is 1. The number of benzene rings is 1. The molecule has 1 aromatic carbocycles. The first-order valence-corrected chi connectivity index (χ1v) is 6.53. The lowest BCUT2D eigenvalue weighted by molar-refractivity contribution is 0.703. The summed E-state index contributed by atoms with van der Waals surface area (Å²) in [4.78, 5) is 4.75. The number of allylic oxidation sites excluding steroid dienone is 1. The Kier molecular flexibility index (Phi) is 4.15. The highest BCUT2D eigenvalue weighted by molar-refractivity contribution is 5.77. The van der Waals surface area contributed by atoms with Crippen molar-refractivity contribution in [2.45, 2.75) is 26.3 Å². The first kappa shape index (κ1) is 12.8. The van der Waals surface area contributed by atoms with Crippen LogP contribution in [0.5, 0.6) is 0 Å². The molecule has 0 saturated heterocycles. The molecule has 1 heterocycles. The Bertz CT molecular complexity index is 540. The molecule has 0 saturated carbocycles. The zero-order valence-electron chi connectivity index (χ0n) is 11.2. The molecule has 2 aromatic rings. The van der Waals surface area contributed by atoms with Crippen LogP contribution in [-0.4, -0.2) is 23.1 Å². The summed E-state index contributed by atoms with van der Waals surface area (Å²) in [5, 5.41) is 3.17. The Hall–Kier alpha value is -1.61. The number of aromatic nitrogens is 2. The van der Waals surface area contributed by atoms with Crippen molar-refractivity contribution >= 4 is 11.0 Å². The minimum Gasteiger partial charge on any atom is -0.324 e. The maximum Gasteiger partial charge on any atom is 0.111 e. The van der Waals surface area contributed by atoms with E-state index in [4.69, 9.17) is 4.98 Å². The maximum absolute atomic E-state index is 4.75. The first-order chi connectivity index (χ1) is 8.80. The van der Waals surface area contributed by atoms with Crippen LogP contribution in [0.15, 0.2) is 30.9 Å². The fourth-order valence-corrected chi connectivity index (χ4v) is 2.21. The molecule has 0 amide bonds. The van der Waals surface area contributed by atoms with Crippen LogP contribution in [0.1, 0.15) is 18.3 Å². The fourth-order valence-electron chi connectivity index (χ4n) is 2.21. The normalized spacial score (nSPS) is 11.0. The van der Waals surface area contributed by atoms with Crippen molar-refractivity contribution in [2.75, 3.05) is 13.6 Å². The Morgan fingerprint density at radius 2 is 2.28 bits per heavy atom. The van der Waals surface area contributed by atoms with Crippen LogP contribution in [0.3, 0.4) is 0 Å². The van der Waals surface area contributed by atoms with E-state index in [1.54, 1.807) is 0 Å². The van der Waals surface area contributed by atoms with Gasteiger partial charge in [-0.1, -0.05) is 19.1 Å². The molecule has 0 unspecified atom stereocenters. The number of hydrogen-bond donors (Lipinski definition) is 1. The van der Waals surface area contributed by atoms with Crippen LogP contribution in [0.2, 0.25) is 0 Å². The standard InChI is InChI=1S/C15H21N3/c1-4-10-18-14-7-6-12(5-2)11-13(14)17-15(18)8-9-16-3/h4,6-7,11,16H,1,5,8-10H2,2-3H3. The van der Waals surface area contributed by atoms with E-state index in [-0.39, 0.29) is 0 Å². The summed E-state index contributed by atoms with van der Waals surface area (Å²) >= 11 is 0. The van der Waals surface area contributed by atoms with Crippen LogP contribution >= 0.6 is 0 Å². The molecule has 0 bridgehead atoms. The molecule has 0 spiro atoms. The lowest BCUT2D eigenvalue weighted by Gasteiger charge is -2.06. The van der Waals surface area contributed by atoms with Crippen LogP contribution in [0.25, 0.3) is 11.0 Å². The smallest absolute Gasteiger partial charge is 0.111 e. The monoisotopic (exact) mass is 243 g/mol. The molecule has 0 atom stereocenters. The number of nitrogens with zero attached hydrogens (tertiary/aromatic N) is 2. The van der Waals surface area contributed by atoms with Gasteiger partial charge in [0.15, 0.2) is 0 Å². The van der Waals surface area contributed by atoms with Crippen molar-refractivity contribution < 1.29 is 0 Å². The van der Waals surface area contributed by atoms with Gasteiger partial charge in [-0.15, -0.1) is 6.58 Å². The molecule has 0 aliphatic heterocycles. The number of hydrogen-bond acceptors (Lipinski definition) is 2. The van der Waals surface area contributed by atoms with Crippen LogP contribution in [-0.2, 0) is 19.4 Å². The molecule has 3 nitrogen and oxygen atoms in total. The van der Waals surface area contributed by atoms with E-state index in [0.29, 0.717) is 0 Å². The number of likely N-dealkylation sites (N-methyl/N-ethyl adjacent to an activating group) is 1. The van der Waals surface area contributed by atoms with Gasteiger partial charge >= 0.3 is 0 Å². The molecule has 18 heavy (non-hydrogen) atoms. The van der Waals surface area contributed by atoms with Crippen molar-refractivity contribution in [2.24, 2.45) is 0 Å². The third kappa shape index (κ3) is 2.46. The van der Waals surface area contributed by atoms with Gasteiger partial charge in [-0.2, -0.15) is 0 Å². The largest absolute Gasteiger partial charge is 0.324 e. The van der Waals surface area contributed by atoms with E-state index in [0.717, 1.165) is 37.3 Å². The number of rotatable bonds is 6. The molecule has 2 rings (SSSR count). The molecule has 96 valence electrons. The van der Waals surface area contributed by atoms with E-state index < -0.39 is 0 Å². The van der Waals surface area contributed by atoms with Gasteiger partial charge in [-0.05, 0) is 31.2 Å². The Morgan fingerprint density at radius 1 is 1.44 bits per heavy atom. The minimum atomic E-state index is 0.820. The summed E-state index contributed by atoms with van der Waals surface area (Å²) in [5.74, 6) is 1.13. The van der Waals surface area contributed by atoms with Gasteiger partial charge in [0.2, 0.25) is 0 Å². The molecule has 0 radical (unpaired) electrons. The van der Waals surface area contributed by atoms with Crippen molar-refractivity contribution in [3.05, 3.63) is 42.2 Å². The summed E-state index contributed by atoms with van der Waals surface area (Å²) < 4.78 is 2.25. The highest BCUT2D eigenvalue weighted by Crippen LogP contribution is 2.19. The second kappa shape index (κ2) is 5.83. The fraction of sp³-hybridized carbons (Fsp3) is 0.400. The van der Waals surface area contributed by atoms with Gasteiger partial charge in [0.1, 0.15) is 5.82 Å². The molecular weight excluding hydrogens is 222 g/mol. The number of imidazole rings is 1. The second-order valence-electron chi connectivity index (χ2n) is 4.46. The van der Waals surface area contributed by atoms with Gasteiger partial charge in [-0.3, -0.25) is 0 Å². The van der Waals surface area contributed by atoms with E-state index in [1.807, 2.05) is 13.1 Å². The second-order valence-corrected chi connectivity index (χ2v) is 4.46. The van der Waals surface area contributed by atoms with Gasteiger partial charge < -0.3 is 9.88 Å². The Balaban J connectivity index is 2.47. The van der Waals surface area contributed by atoms with Crippen molar-refractivity contribution in [1.82, 2.24) is 14.9 Å². The predicted molar refractivity (Wildman–Crippen MR) is 76.9 cm³/mol. The molecule has 0 aliphatic carbocycles. The van der Waals surface area contributed by atoms with Crippen molar-refractivity contribution in [1.29, 1.82) is 0 Å². The Morgan fingerprint density at radius 3 is 2.94 bits per heavy atom. The first-order valence-electron chi connectivity index (χ1n) is 6.53. The van der Waals surface area contributed by atoms with Gasteiger partial charge in [0.05, 0.1) is 11.0 Å². The quantitative estimate of drug-likeness (QED) is 0.790. The van der Waals surface area contributed by atoms with E-state index in [1.165, 1.54) is 11.1 Å². The highest BCUT2D eigenvalue weighted by Gasteiger charge is 2.09. The van der Waals surface area contributed by atoms with Gasteiger partial charge in [0, 0.05) is 19.5 Å². The van der Waals surface area contributed by atoms with Crippen LogP contribution in [0.4, 0.5) is 0 Å². The summed E-state index contributed by atoms with van der Waals surface area (Å²) in [6, 6.07) is 6.55. The SMILES string of the molecule is C=CCn1c(CCNC)nc2cc(CC)ccc21. The summed E-state index contributed by atoms with van der Waals surface area (Å²) in [6.07, 6.45) is 3.92. The molecule has 0 fully saturated rings. The zero-order valence-corrected chi connectivity index (χ0v) is 11.2. The van der Waals surface area contributed by atoms with E-state index in [2.05, 4.69) is 41.6 Å². The minimum absolute atomic E-state index is 0.820. The van der Waals surface area contributed by atoms with E-state index >= 15 is 0 Å². The topological polar surface area (TPSA) is 29.9 Å². The van der Waals surface area contributed by atoms with Crippen molar-refractivity contribution in [3.8, 4) is 0 Å². The average Bonchev–Trinajstić information content (AvgIpc) is 2.74. The summed E-state index contributed by atoms with van der Waals surface area (Å²) in [7, 11) is 1.97. The predicted octanol–water partition coefficient (Wildman–Crippen LogP) is 2.55. The maximum atomic E-state index is 4.75. The highest BCUT2D eigenvalue weighted by atomic mass is 15.1. The zero-order chi connectivity index (χ0) is 13.0. The van der Waals surface area contributed by atoms with Gasteiger partial charge in [0.25, 0.3) is 0 Å². The van der Waals surface area contributed by atoms with Gasteiger partial charge in [-0.25, -0.2) is 4.98 Å². The third-order valence-corrected chi connectivity index (χ3v) is 3.21. The number of aryl methyl sites for hydroxylation is 1. The van der Waals surface area contributed by atoms with Crippen LogP contribution in [0, 0.1) is 0 Å².